The Kier molecular flexibility index (Phi) is 6.14. The van der Waals surface area contributed by atoms with Crippen LogP contribution < -0.4 is 0 Å². The van der Waals surface area contributed by atoms with Crippen LogP contribution in [0.3, 0.4) is 0 Å². The van der Waals surface area contributed by atoms with Gasteiger partial charge in [0.1, 0.15) is 6.10 Å². The number of hydrogen-bond acceptors (Lipinski definition) is 2. The van der Waals surface area contributed by atoms with E-state index in [1.165, 1.54) is 5.56 Å². The number of aromatic nitrogens is 2. The number of imidazole rings is 1. The minimum Gasteiger partial charge on any atom is -0.367 e. The molecule has 3 nitrogen and oxygen atoms in total. The van der Waals surface area contributed by atoms with E-state index in [0.717, 1.165) is 17.5 Å². The number of aryl methyl sites for hydroxylation is 1. The summed E-state index contributed by atoms with van der Waals surface area (Å²) in [5, 5.41) is 1.23. The molecule has 1 atom stereocenters. The summed E-state index contributed by atoms with van der Waals surface area (Å²) in [5.74, 6) is 0. The highest BCUT2D eigenvalue weighted by atomic mass is 35.5. The average Bonchev–Trinajstić information content (AvgIpc) is 3.12. The number of rotatable bonds is 7. The maximum atomic E-state index is 6.40. The van der Waals surface area contributed by atoms with Crippen molar-refractivity contribution in [2.45, 2.75) is 32.6 Å². The molecule has 0 saturated heterocycles. The zero-order chi connectivity index (χ0) is 17.6. The third-order valence-corrected chi connectivity index (χ3v) is 4.69. The van der Waals surface area contributed by atoms with Crippen molar-refractivity contribution in [3.63, 3.8) is 0 Å². The van der Waals surface area contributed by atoms with Crippen molar-refractivity contribution in [3.05, 3.63) is 87.9 Å². The first-order chi connectivity index (χ1) is 12.2. The van der Waals surface area contributed by atoms with Gasteiger partial charge in [0, 0.05) is 28.0 Å². The first kappa shape index (κ1) is 18.0. The Hall–Kier alpha value is -1.81. The molecule has 1 unspecified atom stereocenters. The Labute approximate surface area is 158 Å². The molecule has 0 radical (unpaired) electrons. The van der Waals surface area contributed by atoms with Gasteiger partial charge in [0.15, 0.2) is 0 Å². The molecule has 2 aromatic carbocycles. The third-order valence-electron chi connectivity index (χ3n) is 4.13. The predicted molar refractivity (Wildman–Crippen MR) is 102 cm³/mol. The van der Waals surface area contributed by atoms with Crippen LogP contribution in [-0.4, -0.2) is 9.55 Å². The van der Waals surface area contributed by atoms with Crippen molar-refractivity contribution in [2.75, 3.05) is 0 Å². The molecule has 0 N–H and O–H groups in total. The zero-order valence-corrected chi connectivity index (χ0v) is 15.5. The molecule has 1 aromatic heterocycles. The summed E-state index contributed by atoms with van der Waals surface area (Å²) in [6.45, 7) is 3.30. The lowest BCUT2D eigenvalue weighted by Crippen LogP contribution is -2.12. The van der Waals surface area contributed by atoms with Gasteiger partial charge in [0.2, 0.25) is 0 Å². The van der Waals surface area contributed by atoms with E-state index in [2.05, 4.69) is 36.2 Å². The highest BCUT2D eigenvalue weighted by molar-refractivity contribution is 6.35. The van der Waals surface area contributed by atoms with Crippen molar-refractivity contribution < 1.29 is 4.74 Å². The molecule has 3 rings (SSSR count). The molecule has 5 heteroatoms. The maximum absolute atomic E-state index is 6.40. The van der Waals surface area contributed by atoms with Crippen molar-refractivity contribution in [1.82, 2.24) is 9.55 Å². The second-order valence-corrected chi connectivity index (χ2v) is 6.74. The van der Waals surface area contributed by atoms with Crippen LogP contribution in [0.25, 0.3) is 0 Å². The van der Waals surface area contributed by atoms with Crippen LogP contribution in [0, 0.1) is 0 Å². The number of halogens is 2. The summed E-state index contributed by atoms with van der Waals surface area (Å²) in [4.78, 5) is 4.10. The SMILES string of the molecule is CCc1ccc(COC(Cn2ccnc2)c2ccc(Cl)cc2Cl)cc1. The van der Waals surface area contributed by atoms with Gasteiger partial charge in [0.05, 0.1) is 19.5 Å². The summed E-state index contributed by atoms with van der Waals surface area (Å²) >= 11 is 12.4. The van der Waals surface area contributed by atoms with Crippen LogP contribution in [0.5, 0.6) is 0 Å². The molecule has 0 saturated carbocycles. The molecule has 3 aromatic rings. The highest BCUT2D eigenvalue weighted by Crippen LogP contribution is 2.30. The van der Waals surface area contributed by atoms with E-state index in [9.17, 15) is 0 Å². The second-order valence-electron chi connectivity index (χ2n) is 5.90. The van der Waals surface area contributed by atoms with E-state index < -0.39 is 0 Å². The fraction of sp³-hybridized carbons (Fsp3) is 0.250. The van der Waals surface area contributed by atoms with E-state index >= 15 is 0 Å². The number of nitrogens with zero attached hydrogens (tertiary/aromatic N) is 2. The van der Waals surface area contributed by atoms with Crippen LogP contribution in [0.2, 0.25) is 10.0 Å². The Morgan fingerprint density at radius 3 is 2.48 bits per heavy atom. The first-order valence-electron chi connectivity index (χ1n) is 8.26. The van der Waals surface area contributed by atoms with Gasteiger partial charge in [-0.3, -0.25) is 0 Å². The minimum atomic E-state index is -0.190. The lowest BCUT2D eigenvalue weighted by molar-refractivity contribution is 0.0280. The zero-order valence-electron chi connectivity index (χ0n) is 14.0. The van der Waals surface area contributed by atoms with Gasteiger partial charge in [-0.05, 0) is 29.7 Å². The van der Waals surface area contributed by atoms with Crippen molar-refractivity contribution in [2.24, 2.45) is 0 Å². The number of benzene rings is 2. The Morgan fingerprint density at radius 2 is 1.84 bits per heavy atom. The Bertz CT molecular complexity index is 801. The fourth-order valence-electron chi connectivity index (χ4n) is 2.66. The van der Waals surface area contributed by atoms with Crippen LogP contribution in [0.15, 0.2) is 61.2 Å². The van der Waals surface area contributed by atoms with E-state index in [0.29, 0.717) is 23.2 Å². The molecule has 130 valence electrons. The molecular weight excluding hydrogens is 355 g/mol. The molecule has 0 aliphatic heterocycles. The largest absolute Gasteiger partial charge is 0.367 e. The van der Waals surface area contributed by atoms with Gasteiger partial charge >= 0.3 is 0 Å². The lowest BCUT2D eigenvalue weighted by Gasteiger charge is -2.20. The fourth-order valence-corrected chi connectivity index (χ4v) is 3.19. The molecule has 25 heavy (non-hydrogen) atoms. The van der Waals surface area contributed by atoms with Gasteiger partial charge in [-0.25, -0.2) is 4.98 Å². The minimum absolute atomic E-state index is 0.190. The van der Waals surface area contributed by atoms with Crippen LogP contribution in [0.4, 0.5) is 0 Å². The quantitative estimate of drug-likeness (QED) is 0.529. The van der Waals surface area contributed by atoms with Gasteiger partial charge < -0.3 is 9.30 Å². The molecule has 0 bridgehead atoms. The smallest absolute Gasteiger partial charge is 0.102 e. The standard InChI is InChI=1S/C20H20Cl2N2O/c1-2-15-3-5-16(6-4-15)13-25-20(12-24-10-9-23-14-24)18-8-7-17(21)11-19(18)22/h3-11,14,20H,2,12-13H2,1H3. The summed E-state index contributed by atoms with van der Waals surface area (Å²) in [6.07, 6.45) is 6.28. The molecule has 0 fully saturated rings. The van der Waals surface area contributed by atoms with Gasteiger partial charge in [-0.15, -0.1) is 0 Å². The van der Waals surface area contributed by atoms with E-state index in [1.807, 2.05) is 22.9 Å². The molecule has 0 aliphatic rings. The normalized spacial score (nSPS) is 12.3. The van der Waals surface area contributed by atoms with Gasteiger partial charge in [0.25, 0.3) is 0 Å². The van der Waals surface area contributed by atoms with Crippen LogP contribution in [0.1, 0.15) is 29.7 Å². The van der Waals surface area contributed by atoms with Crippen molar-refractivity contribution in [3.8, 4) is 0 Å². The van der Waals surface area contributed by atoms with E-state index in [-0.39, 0.29) is 6.10 Å². The maximum Gasteiger partial charge on any atom is 0.102 e. The van der Waals surface area contributed by atoms with Gasteiger partial charge in [-0.1, -0.05) is 60.5 Å². The second kappa shape index (κ2) is 8.52. The van der Waals surface area contributed by atoms with Crippen LogP contribution >= 0.6 is 23.2 Å². The Morgan fingerprint density at radius 1 is 1.08 bits per heavy atom. The summed E-state index contributed by atoms with van der Waals surface area (Å²) in [7, 11) is 0. The number of hydrogen-bond donors (Lipinski definition) is 0. The lowest BCUT2D eigenvalue weighted by atomic mass is 10.1. The average molecular weight is 375 g/mol. The molecular formula is C20H20Cl2N2O. The van der Waals surface area contributed by atoms with E-state index in [1.54, 1.807) is 18.6 Å². The van der Waals surface area contributed by atoms with Gasteiger partial charge in [-0.2, -0.15) is 0 Å². The van der Waals surface area contributed by atoms with E-state index in [4.69, 9.17) is 27.9 Å². The summed E-state index contributed by atoms with van der Waals surface area (Å²) in [6, 6.07) is 14.0. The monoisotopic (exact) mass is 374 g/mol. The Balaban J connectivity index is 1.77. The predicted octanol–water partition coefficient (Wildman–Crippen LogP) is 5.71. The molecule has 0 spiro atoms. The topological polar surface area (TPSA) is 27.1 Å². The highest BCUT2D eigenvalue weighted by Gasteiger charge is 2.17. The molecule has 0 aliphatic carbocycles. The van der Waals surface area contributed by atoms with Crippen molar-refractivity contribution in [1.29, 1.82) is 0 Å². The molecule has 1 heterocycles. The number of ether oxygens (including phenoxy) is 1. The summed E-state index contributed by atoms with van der Waals surface area (Å²) in [5.41, 5.74) is 3.38. The first-order valence-corrected chi connectivity index (χ1v) is 9.01. The van der Waals surface area contributed by atoms with Crippen LogP contribution in [-0.2, 0) is 24.3 Å². The summed E-state index contributed by atoms with van der Waals surface area (Å²) < 4.78 is 8.19. The van der Waals surface area contributed by atoms with Crippen molar-refractivity contribution >= 4 is 23.2 Å². The third kappa shape index (κ3) is 4.85. The molecule has 0 amide bonds.